The van der Waals surface area contributed by atoms with Crippen LogP contribution in [-0.4, -0.2) is 37.4 Å². The molecule has 0 aromatic rings. The van der Waals surface area contributed by atoms with E-state index in [2.05, 4.69) is 10.6 Å². The molecule has 0 fully saturated rings. The van der Waals surface area contributed by atoms with Crippen LogP contribution in [0.3, 0.4) is 0 Å². The summed E-state index contributed by atoms with van der Waals surface area (Å²) >= 11 is 0. The zero-order valence-electron chi connectivity index (χ0n) is 13.2. The molecule has 116 valence electrons. The van der Waals surface area contributed by atoms with Gasteiger partial charge in [-0.3, -0.25) is 9.59 Å². The maximum Gasteiger partial charge on any atom is 0.237 e. The Kier molecular flexibility index (Phi) is 13.0. The SMILES string of the molecule is CC.CNC(C(=O)NC(CCCN)C(C)=O)C(C)C.[HH]. The van der Waals surface area contributed by atoms with Gasteiger partial charge in [0.25, 0.3) is 0 Å². The Hall–Kier alpha value is -0.940. The standard InChI is InChI=1S/C12H25N3O2.C2H6.H2/c1-8(2)11(14-4)12(17)15-10(9(3)16)6-5-7-13;1-2;/h8,10-11,14H,5-7,13H2,1-4H3,(H,15,17);1-2H3;1H. The fourth-order valence-corrected chi connectivity index (χ4v) is 1.73. The minimum atomic E-state index is -0.416. The summed E-state index contributed by atoms with van der Waals surface area (Å²) in [4.78, 5) is 23.3. The maximum absolute atomic E-state index is 11.9. The third-order valence-corrected chi connectivity index (χ3v) is 2.76. The molecule has 0 saturated heterocycles. The van der Waals surface area contributed by atoms with Crippen molar-refractivity contribution in [2.75, 3.05) is 13.6 Å². The van der Waals surface area contributed by atoms with E-state index in [0.29, 0.717) is 13.0 Å². The molecule has 0 aromatic carbocycles. The molecule has 2 unspecified atom stereocenters. The molecule has 1 amide bonds. The molecule has 0 heterocycles. The van der Waals surface area contributed by atoms with Gasteiger partial charge in [-0.1, -0.05) is 27.7 Å². The second-order valence-electron chi connectivity index (χ2n) is 4.61. The van der Waals surface area contributed by atoms with Crippen molar-refractivity contribution in [3.63, 3.8) is 0 Å². The van der Waals surface area contributed by atoms with Crippen LogP contribution in [-0.2, 0) is 9.59 Å². The van der Waals surface area contributed by atoms with Crippen molar-refractivity contribution in [3.05, 3.63) is 0 Å². The van der Waals surface area contributed by atoms with E-state index < -0.39 is 6.04 Å². The van der Waals surface area contributed by atoms with Crippen molar-refractivity contribution in [2.24, 2.45) is 11.7 Å². The predicted molar refractivity (Wildman–Crippen MR) is 82.0 cm³/mol. The number of carbonyl (C=O) groups excluding carboxylic acids is 2. The van der Waals surface area contributed by atoms with Gasteiger partial charge in [0.15, 0.2) is 5.78 Å². The molecule has 5 nitrogen and oxygen atoms in total. The lowest BCUT2D eigenvalue weighted by Crippen LogP contribution is -2.51. The fourth-order valence-electron chi connectivity index (χ4n) is 1.73. The summed E-state index contributed by atoms with van der Waals surface area (Å²) in [5.41, 5.74) is 5.41. The lowest BCUT2D eigenvalue weighted by Gasteiger charge is -2.23. The number of likely N-dealkylation sites (N-methyl/N-ethyl adjacent to an activating group) is 1. The van der Waals surface area contributed by atoms with Crippen molar-refractivity contribution in [1.82, 2.24) is 10.6 Å². The molecule has 0 radical (unpaired) electrons. The molecule has 0 spiro atoms. The Morgan fingerprint density at radius 2 is 1.79 bits per heavy atom. The van der Waals surface area contributed by atoms with E-state index in [1.165, 1.54) is 6.92 Å². The van der Waals surface area contributed by atoms with E-state index in [9.17, 15) is 9.59 Å². The first-order chi connectivity index (χ1) is 8.93. The molecular formula is C14H33N3O2. The predicted octanol–water partition coefficient (Wildman–Crippen LogP) is 1.32. The molecule has 0 aliphatic carbocycles. The highest BCUT2D eigenvalue weighted by Gasteiger charge is 2.24. The van der Waals surface area contributed by atoms with E-state index in [0.717, 1.165) is 6.42 Å². The summed E-state index contributed by atoms with van der Waals surface area (Å²) < 4.78 is 0. The van der Waals surface area contributed by atoms with E-state index >= 15 is 0 Å². The van der Waals surface area contributed by atoms with Crippen LogP contribution in [0.2, 0.25) is 0 Å². The summed E-state index contributed by atoms with van der Waals surface area (Å²) in [6, 6.07) is -0.685. The molecule has 5 heteroatoms. The van der Waals surface area contributed by atoms with Crippen LogP contribution < -0.4 is 16.4 Å². The van der Waals surface area contributed by atoms with E-state index in [-0.39, 0.29) is 25.1 Å². The number of hydrogen-bond donors (Lipinski definition) is 3. The zero-order valence-corrected chi connectivity index (χ0v) is 13.2. The first-order valence-corrected chi connectivity index (χ1v) is 7.12. The largest absolute Gasteiger partial charge is 0.345 e. The second-order valence-corrected chi connectivity index (χ2v) is 4.61. The molecule has 0 aromatic heterocycles. The van der Waals surface area contributed by atoms with Crippen LogP contribution in [0.4, 0.5) is 0 Å². The first kappa shape index (κ1) is 20.4. The summed E-state index contributed by atoms with van der Waals surface area (Å²) in [5.74, 6) is 0.0345. The summed E-state index contributed by atoms with van der Waals surface area (Å²) in [6.07, 6.45) is 1.34. The van der Waals surface area contributed by atoms with Crippen LogP contribution >= 0.6 is 0 Å². The first-order valence-electron chi connectivity index (χ1n) is 7.12. The van der Waals surface area contributed by atoms with Crippen molar-refractivity contribution >= 4 is 11.7 Å². The van der Waals surface area contributed by atoms with Gasteiger partial charge in [-0.25, -0.2) is 0 Å². The van der Waals surface area contributed by atoms with E-state index in [1.54, 1.807) is 7.05 Å². The highest BCUT2D eigenvalue weighted by molar-refractivity contribution is 5.89. The van der Waals surface area contributed by atoms with E-state index in [1.807, 2.05) is 27.7 Å². The Balaban J connectivity index is -0.000000916. The average Bonchev–Trinajstić information content (AvgIpc) is 2.36. The van der Waals surface area contributed by atoms with Gasteiger partial charge in [-0.05, 0) is 39.3 Å². The number of nitrogens with two attached hydrogens (primary N) is 1. The lowest BCUT2D eigenvalue weighted by atomic mass is 10.0. The molecule has 2 atom stereocenters. The summed E-state index contributed by atoms with van der Waals surface area (Å²) in [7, 11) is 1.74. The number of nitrogens with one attached hydrogen (secondary N) is 2. The highest BCUT2D eigenvalue weighted by atomic mass is 16.2. The fraction of sp³-hybridized carbons (Fsp3) is 0.857. The van der Waals surface area contributed by atoms with E-state index in [4.69, 9.17) is 5.73 Å². The lowest BCUT2D eigenvalue weighted by molar-refractivity contribution is -0.129. The number of carbonyl (C=O) groups is 2. The Bertz CT molecular complexity index is 261. The molecular weight excluding hydrogens is 242 g/mol. The van der Waals surface area contributed by atoms with Crippen molar-refractivity contribution < 1.29 is 11.0 Å². The molecule has 0 aliphatic rings. The zero-order chi connectivity index (χ0) is 15.4. The minimum absolute atomic E-state index is 0. The monoisotopic (exact) mass is 275 g/mol. The van der Waals surface area contributed by atoms with Gasteiger partial charge in [-0.2, -0.15) is 0 Å². The van der Waals surface area contributed by atoms with Gasteiger partial charge in [0, 0.05) is 1.43 Å². The van der Waals surface area contributed by atoms with Gasteiger partial charge in [0.05, 0.1) is 12.1 Å². The van der Waals surface area contributed by atoms with Crippen LogP contribution in [0.5, 0.6) is 0 Å². The Morgan fingerprint density at radius 3 is 2.11 bits per heavy atom. The number of amides is 1. The van der Waals surface area contributed by atoms with Crippen LogP contribution in [0, 0.1) is 5.92 Å². The van der Waals surface area contributed by atoms with Gasteiger partial charge >= 0.3 is 0 Å². The molecule has 19 heavy (non-hydrogen) atoms. The quantitative estimate of drug-likeness (QED) is 0.623. The Labute approximate surface area is 119 Å². The van der Waals surface area contributed by atoms with Gasteiger partial charge < -0.3 is 16.4 Å². The average molecular weight is 275 g/mol. The molecule has 4 N–H and O–H groups in total. The third kappa shape index (κ3) is 8.72. The summed E-state index contributed by atoms with van der Waals surface area (Å²) in [6.45, 7) is 9.94. The molecule has 0 saturated carbocycles. The number of hydrogen-bond acceptors (Lipinski definition) is 4. The highest BCUT2D eigenvalue weighted by Crippen LogP contribution is 2.04. The topological polar surface area (TPSA) is 84.2 Å². The second kappa shape index (κ2) is 12.1. The Morgan fingerprint density at radius 1 is 1.26 bits per heavy atom. The molecule has 0 bridgehead atoms. The van der Waals surface area contributed by atoms with Gasteiger partial charge in [0.1, 0.15) is 0 Å². The van der Waals surface area contributed by atoms with Gasteiger partial charge in [0.2, 0.25) is 5.91 Å². The number of Topliss-reactive ketones (excluding diaryl/α,β-unsaturated/α-hetero) is 1. The number of ketones is 1. The summed E-state index contributed by atoms with van der Waals surface area (Å²) in [5, 5.41) is 5.73. The smallest absolute Gasteiger partial charge is 0.237 e. The van der Waals surface area contributed by atoms with Gasteiger partial charge in [-0.15, -0.1) is 0 Å². The maximum atomic E-state index is 11.9. The van der Waals surface area contributed by atoms with Crippen LogP contribution in [0.15, 0.2) is 0 Å². The van der Waals surface area contributed by atoms with Crippen LogP contribution in [0.25, 0.3) is 0 Å². The normalized spacial score (nSPS) is 13.3. The van der Waals surface area contributed by atoms with Crippen molar-refractivity contribution in [1.29, 1.82) is 0 Å². The third-order valence-electron chi connectivity index (χ3n) is 2.76. The van der Waals surface area contributed by atoms with Crippen molar-refractivity contribution in [3.8, 4) is 0 Å². The molecule has 0 aliphatic heterocycles. The number of rotatable bonds is 8. The minimum Gasteiger partial charge on any atom is -0.345 e. The van der Waals surface area contributed by atoms with Crippen molar-refractivity contribution in [2.45, 2.75) is 59.5 Å². The molecule has 0 rings (SSSR count). The van der Waals surface area contributed by atoms with Crippen LogP contribution in [0.1, 0.15) is 48.9 Å².